The normalized spacial score (nSPS) is 19.0. The number of nitrogens with two attached hydrogens (primary N) is 1. The molecule has 5 rings (SSSR count). The van der Waals surface area contributed by atoms with E-state index in [4.69, 9.17) is 15.5 Å². The van der Waals surface area contributed by atoms with Gasteiger partial charge in [-0.1, -0.05) is 30.3 Å². The molecule has 0 radical (unpaired) electrons. The fraction of sp³-hybridized carbons (Fsp3) is 0.292. The zero-order valence-corrected chi connectivity index (χ0v) is 18.8. The Balaban J connectivity index is 1.34. The van der Waals surface area contributed by atoms with Crippen molar-refractivity contribution in [3.8, 4) is 11.3 Å². The molecule has 164 valence electrons. The number of thioether (sulfide) groups is 1. The molecular weight excluding hydrogens is 420 g/mol. The summed E-state index contributed by atoms with van der Waals surface area (Å²) in [6.07, 6.45) is 3.61. The van der Waals surface area contributed by atoms with E-state index in [0.717, 1.165) is 29.9 Å². The van der Waals surface area contributed by atoms with E-state index in [1.807, 2.05) is 49.1 Å². The number of nitrogens with zero attached hydrogens (tertiary/aromatic N) is 4. The molecular formula is C24H26N6OS. The van der Waals surface area contributed by atoms with E-state index in [-0.39, 0.29) is 0 Å². The third-order valence-corrected chi connectivity index (χ3v) is 6.98. The molecule has 0 saturated carbocycles. The van der Waals surface area contributed by atoms with Crippen molar-refractivity contribution in [1.82, 2.24) is 20.3 Å². The van der Waals surface area contributed by atoms with Crippen LogP contribution in [0, 0.1) is 0 Å². The molecule has 0 bridgehead atoms. The van der Waals surface area contributed by atoms with Crippen molar-refractivity contribution in [1.29, 1.82) is 0 Å². The molecule has 3 aromatic rings. The Morgan fingerprint density at radius 3 is 2.53 bits per heavy atom. The average Bonchev–Trinajstić information content (AvgIpc) is 3.23. The second kappa shape index (κ2) is 9.18. The van der Waals surface area contributed by atoms with Gasteiger partial charge >= 0.3 is 0 Å². The number of benzene rings is 2. The molecule has 7 nitrogen and oxygen atoms in total. The fourth-order valence-electron chi connectivity index (χ4n) is 3.88. The summed E-state index contributed by atoms with van der Waals surface area (Å²) in [5, 5.41) is 10.3. The second-order valence-corrected chi connectivity index (χ2v) is 9.31. The Hall–Kier alpha value is -3.10. The monoisotopic (exact) mass is 446 g/mol. The van der Waals surface area contributed by atoms with Crippen LogP contribution in [0.2, 0.25) is 0 Å². The van der Waals surface area contributed by atoms with E-state index < -0.39 is 6.23 Å². The highest BCUT2D eigenvalue weighted by atomic mass is 32.2. The first-order valence-electron chi connectivity index (χ1n) is 10.8. The minimum absolute atomic E-state index is 0.341. The molecule has 32 heavy (non-hydrogen) atoms. The SMILES string of the molecule is CN1N=C(c2ccccc2)OC1c1nc(-c2ccc(SC3CCNCC3)cc2)cnc1N. The predicted molar refractivity (Wildman–Crippen MR) is 128 cm³/mol. The van der Waals surface area contributed by atoms with Gasteiger partial charge in [0, 0.05) is 28.3 Å². The van der Waals surface area contributed by atoms with Crippen molar-refractivity contribution in [2.75, 3.05) is 25.9 Å². The lowest BCUT2D eigenvalue weighted by molar-refractivity contribution is 0.0744. The van der Waals surface area contributed by atoms with Crippen molar-refractivity contribution < 1.29 is 4.74 Å². The lowest BCUT2D eigenvalue weighted by Gasteiger charge is -2.22. The van der Waals surface area contributed by atoms with Crippen LogP contribution in [0.3, 0.4) is 0 Å². The van der Waals surface area contributed by atoms with Gasteiger partial charge < -0.3 is 15.8 Å². The smallest absolute Gasteiger partial charge is 0.240 e. The number of hydrogen-bond acceptors (Lipinski definition) is 8. The first-order chi connectivity index (χ1) is 15.7. The molecule has 2 aliphatic heterocycles. The number of nitrogen functional groups attached to an aromatic ring is 1. The number of rotatable bonds is 5. The van der Waals surface area contributed by atoms with Gasteiger partial charge in [-0.3, -0.25) is 5.01 Å². The minimum Gasteiger partial charge on any atom is -0.444 e. The highest BCUT2D eigenvalue weighted by molar-refractivity contribution is 8.00. The molecule has 1 unspecified atom stereocenters. The number of ether oxygens (including phenoxy) is 1. The van der Waals surface area contributed by atoms with E-state index in [1.54, 1.807) is 11.2 Å². The molecule has 3 heterocycles. The molecule has 0 amide bonds. The molecule has 2 aliphatic rings. The van der Waals surface area contributed by atoms with Gasteiger partial charge in [0.05, 0.1) is 11.9 Å². The average molecular weight is 447 g/mol. The van der Waals surface area contributed by atoms with E-state index in [9.17, 15) is 0 Å². The van der Waals surface area contributed by atoms with Gasteiger partial charge in [0.1, 0.15) is 5.69 Å². The maximum absolute atomic E-state index is 6.18. The first kappa shape index (κ1) is 20.8. The van der Waals surface area contributed by atoms with E-state index in [1.165, 1.54) is 17.7 Å². The zero-order valence-electron chi connectivity index (χ0n) is 17.9. The van der Waals surface area contributed by atoms with E-state index in [0.29, 0.717) is 22.7 Å². The van der Waals surface area contributed by atoms with Gasteiger partial charge in [-0.05, 0) is 50.2 Å². The Morgan fingerprint density at radius 2 is 1.78 bits per heavy atom. The van der Waals surface area contributed by atoms with Crippen molar-refractivity contribution in [3.63, 3.8) is 0 Å². The van der Waals surface area contributed by atoms with E-state index >= 15 is 0 Å². The Labute approximate surface area is 192 Å². The van der Waals surface area contributed by atoms with Crippen LogP contribution in [0.5, 0.6) is 0 Å². The molecule has 2 aromatic carbocycles. The Kier molecular flexibility index (Phi) is 5.96. The standard InChI is InChI=1S/C24H26N6OS/c1-30-24(31-23(29-30)17-5-3-2-4-6-17)21-22(25)27-15-20(28-21)16-7-9-18(10-8-16)32-19-11-13-26-14-12-19/h2-10,15,19,24,26H,11-14H2,1H3,(H2,25,27). The summed E-state index contributed by atoms with van der Waals surface area (Å²) >= 11 is 1.95. The number of anilines is 1. The summed E-state index contributed by atoms with van der Waals surface area (Å²) < 4.78 is 6.11. The van der Waals surface area contributed by atoms with E-state index in [2.05, 4.69) is 39.7 Å². The van der Waals surface area contributed by atoms with Crippen LogP contribution < -0.4 is 11.1 Å². The van der Waals surface area contributed by atoms with Crippen molar-refractivity contribution in [2.45, 2.75) is 29.2 Å². The van der Waals surface area contributed by atoms with Crippen molar-refractivity contribution >= 4 is 23.5 Å². The first-order valence-corrected chi connectivity index (χ1v) is 11.7. The van der Waals surface area contributed by atoms with Gasteiger partial charge in [-0.15, -0.1) is 16.9 Å². The lowest BCUT2D eigenvalue weighted by atomic mass is 10.1. The van der Waals surface area contributed by atoms with Gasteiger partial charge in [-0.25, -0.2) is 9.97 Å². The summed E-state index contributed by atoms with van der Waals surface area (Å²) in [5.74, 6) is 0.886. The molecule has 3 N–H and O–H groups in total. The molecule has 0 spiro atoms. The molecule has 1 fully saturated rings. The summed E-state index contributed by atoms with van der Waals surface area (Å²) in [4.78, 5) is 10.5. The quantitative estimate of drug-likeness (QED) is 0.615. The minimum atomic E-state index is -0.521. The summed E-state index contributed by atoms with van der Waals surface area (Å²) in [6.45, 7) is 2.21. The fourth-order valence-corrected chi connectivity index (χ4v) is 5.03. The third kappa shape index (κ3) is 4.42. The number of nitrogens with one attached hydrogen (secondary N) is 1. The molecule has 1 atom stereocenters. The van der Waals surface area contributed by atoms with Gasteiger partial charge in [-0.2, -0.15) is 0 Å². The van der Waals surface area contributed by atoms with Crippen LogP contribution in [-0.4, -0.2) is 46.3 Å². The summed E-state index contributed by atoms with van der Waals surface area (Å²) in [7, 11) is 1.85. The Bertz CT molecular complexity index is 1100. The van der Waals surface area contributed by atoms with Crippen LogP contribution in [0.1, 0.15) is 30.3 Å². The highest BCUT2D eigenvalue weighted by Crippen LogP contribution is 2.33. The summed E-state index contributed by atoms with van der Waals surface area (Å²) in [6, 6.07) is 18.3. The van der Waals surface area contributed by atoms with Crippen LogP contribution >= 0.6 is 11.8 Å². The largest absolute Gasteiger partial charge is 0.444 e. The van der Waals surface area contributed by atoms with Crippen LogP contribution in [0.4, 0.5) is 5.82 Å². The number of hydrogen-bond donors (Lipinski definition) is 2. The molecule has 1 aromatic heterocycles. The van der Waals surface area contributed by atoms with Crippen molar-refractivity contribution in [2.24, 2.45) is 5.10 Å². The van der Waals surface area contributed by atoms with Crippen LogP contribution in [0.25, 0.3) is 11.3 Å². The van der Waals surface area contributed by atoms with Gasteiger partial charge in [0.25, 0.3) is 0 Å². The number of aromatic nitrogens is 2. The molecule has 0 aliphatic carbocycles. The predicted octanol–water partition coefficient (Wildman–Crippen LogP) is 3.89. The van der Waals surface area contributed by atoms with Gasteiger partial charge in [0.2, 0.25) is 12.1 Å². The maximum atomic E-state index is 6.18. The lowest BCUT2D eigenvalue weighted by Crippen LogP contribution is -2.29. The highest BCUT2D eigenvalue weighted by Gasteiger charge is 2.31. The maximum Gasteiger partial charge on any atom is 0.240 e. The van der Waals surface area contributed by atoms with Crippen molar-refractivity contribution in [3.05, 3.63) is 72.1 Å². The molecule has 1 saturated heterocycles. The van der Waals surface area contributed by atoms with Crippen LogP contribution in [-0.2, 0) is 4.74 Å². The Morgan fingerprint density at radius 1 is 1.03 bits per heavy atom. The summed E-state index contributed by atoms with van der Waals surface area (Å²) in [5.41, 5.74) is 9.41. The number of piperidine rings is 1. The zero-order chi connectivity index (χ0) is 21.9. The molecule has 8 heteroatoms. The second-order valence-electron chi connectivity index (χ2n) is 7.93. The third-order valence-electron chi connectivity index (χ3n) is 5.63. The van der Waals surface area contributed by atoms with Crippen LogP contribution in [0.15, 0.2) is 70.8 Å². The van der Waals surface area contributed by atoms with Gasteiger partial charge in [0.15, 0.2) is 5.82 Å². The number of hydrazone groups is 1. The topological polar surface area (TPSA) is 88.7 Å².